The maximum Gasteiger partial charge on any atom is 0.314 e. The summed E-state index contributed by atoms with van der Waals surface area (Å²) in [6.45, 7) is 0. The van der Waals surface area contributed by atoms with E-state index < -0.39 is 44.1 Å². The van der Waals surface area contributed by atoms with Crippen LogP contribution in [0, 0.1) is 15.9 Å². The van der Waals surface area contributed by atoms with Crippen molar-refractivity contribution in [1.29, 1.82) is 0 Å². The lowest BCUT2D eigenvalue weighted by molar-refractivity contribution is -0.385. The second-order valence-corrected chi connectivity index (χ2v) is 5.53. The second kappa shape index (κ2) is 5.92. The van der Waals surface area contributed by atoms with Gasteiger partial charge in [-0.2, -0.15) is 0 Å². The molecule has 0 bridgehead atoms. The zero-order valence-corrected chi connectivity index (χ0v) is 11.1. The van der Waals surface area contributed by atoms with Crippen molar-refractivity contribution in [3.8, 4) is 0 Å². The molecule has 0 amide bonds. The van der Waals surface area contributed by atoms with Crippen LogP contribution in [0.1, 0.15) is 11.5 Å². The maximum atomic E-state index is 13.8. The Morgan fingerprint density at radius 1 is 1.55 bits per heavy atom. The minimum Gasteiger partial charge on any atom is -0.469 e. The number of hydrogen-bond donors (Lipinski definition) is 1. The molecule has 1 atom stereocenters. The van der Waals surface area contributed by atoms with Crippen LogP contribution in [0.15, 0.2) is 18.2 Å². The molecule has 0 aliphatic rings. The van der Waals surface area contributed by atoms with E-state index in [9.17, 15) is 27.7 Å². The highest BCUT2D eigenvalue weighted by molar-refractivity contribution is 7.89. The van der Waals surface area contributed by atoms with Crippen LogP contribution in [-0.2, 0) is 19.6 Å². The average Bonchev–Trinajstić information content (AvgIpc) is 2.34. The van der Waals surface area contributed by atoms with Crippen molar-refractivity contribution in [1.82, 2.24) is 0 Å². The van der Waals surface area contributed by atoms with Crippen LogP contribution in [0.3, 0.4) is 0 Å². The number of rotatable bonds is 5. The number of ether oxygens (including phenoxy) is 1. The topological polar surface area (TPSA) is 130 Å². The van der Waals surface area contributed by atoms with E-state index >= 15 is 0 Å². The number of carbonyl (C=O) groups is 1. The highest BCUT2D eigenvalue weighted by atomic mass is 32.2. The van der Waals surface area contributed by atoms with Crippen LogP contribution in [0.4, 0.5) is 10.1 Å². The van der Waals surface area contributed by atoms with Gasteiger partial charge in [-0.25, -0.2) is 17.9 Å². The summed E-state index contributed by atoms with van der Waals surface area (Å²) < 4.78 is 40.3. The molecule has 0 fully saturated rings. The maximum absolute atomic E-state index is 13.8. The van der Waals surface area contributed by atoms with Crippen molar-refractivity contribution in [3.05, 3.63) is 39.7 Å². The van der Waals surface area contributed by atoms with Gasteiger partial charge in [-0.15, -0.1) is 0 Å². The Balaban J connectivity index is 3.27. The number of sulfonamides is 1. The van der Waals surface area contributed by atoms with E-state index in [0.717, 1.165) is 19.2 Å². The molecule has 0 radical (unpaired) electrons. The lowest BCUT2D eigenvalue weighted by Crippen LogP contribution is -2.28. The summed E-state index contributed by atoms with van der Waals surface area (Å²) in [6.07, 6.45) is 0. The molecule has 110 valence electrons. The molecule has 1 aromatic carbocycles. The van der Waals surface area contributed by atoms with Crippen molar-refractivity contribution >= 4 is 21.7 Å². The highest BCUT2D eigenvalue weighted by Crippen LogP contribution is 2.25. The van der Waals surface area contributed by atoms with E-state index in [1.54, 1.807) is 0 Å². The predicted octanol–water partition coefficient (Wildman–Crippen LogP) is 0.279. The molecule has 0 aliphatic heterocycles. The summed E-state index contributed by atoms with van der Waals surface area (Å²) in [5.74, 6) is -4.45. The molecule has 1 aromatic rings. The number of halogens is 1. The van der Waals surface area contributed by atoms with Gasteiger partial charge >= 0.3 is 5.97 Å². The van der Waals surface area contributed by atoms with E-state index in [4.69, 9.17) is 5.14 Å². The lowest BCUT2D eigenvalue weighted by Gasteiger charge is -2.14. The third-order valence-electron chi connectivity index (χ3n) is 2.45. The Kier molecular flexibility index (Phi) is 4.73. The van der Waals surface area contributed by atoms with Gasteiger partial charge in [0.15, 0.2) is 0 Å². The Morgan fingerprint density at radius 3 is 2.55 bits per heavy atom. The molecule has 10 heteroatoms. The molecule has 2 N–H and O–H groups in total. The summed E-state index contributed by atoms with van der Waals surface area (Å²) >= 11 is 0. The first-order valence-electron chi connectivity index (χ1n) is 5.18. The Morgan fingerprint density at radius 2 is 2.15 bits per heavy atom. The van der Waals surface area contributed by atoms with Crippen LogP contribution < -0.4 is 5.14 Å². The van der Waals surface area contributed by atoms with Gasteiger partial charge in [-0.3, -0.25) is 14.9 Å². The highest BCUT2D eigenvalue weighted by Gasteiger charge is 2.29. The first-order chi connectivity index (χ1) is 9.15. The molecule has 8 nitrogen and oxygen atoms in total. The Hall–Kier alpha value is -2.07. The fourth-order valence-electron chi connectivity index (χ4n) is 1.57. The van der Waals surface area contributed by atoms with Gasteiger partial charge < -0.3 is 4.74 Å². The van der Waals surface area contributed by atoms with Gasteiger partial charge in [0.05, 0.1) is 29.8 Å². The van der Waals surface area contributed by atoms with Crippen LogP contribution >= 0.6 is 0 Å². The van der Waals surface area contributed by atoms with Crippen LogP contribution in [0.2, 0.25) is 0 Å². The number of esters is 1. The molecule has 0 heterocycles. The number of primary sulfonamides is 1. The van der Waals surface area contributed by atoms with Crippen molar-refractivity contribution < 1.29 is 27.3 Å². The molecule has 0 saturated heterocycles. The molecule has 1 rings (SSSR count). The minimum atomic E-state index is -4.07. The number of nitro benzene ring substituents is 1. The monoisotopic (exact) mass is 306 g/mol. The van der Waals surface area contributed by atoms with E-state index in [2.05, 4.69) is 4.74 Å². The van der Waals surface area contributed by atoms with Gasteiger partial charge in [-0.1, -0.05) is 0 Å². The molecule has 0 spiro atoms. The van der Waals surface area contributed by atoms with Gasteiger partial charge in [-0.05, 0) is 6.07 Å². The summed E-state index contributed by atoms with van der Waals surface area (Å²) in [5.41, 5.74) is -0.859. The van der Waals surface area contributed by atoms with Crippen LogP contribution in [-0.4, -0.2) is 32.2 Å². The standard InChI is InChI=1S/C10H11FN2O6S/c1-19-10(14)8(5-20(12,17)18)7-3-2-6(13(15)16)4-9(7)11/h2-4,8H,5H2,1H3,(H2,12,17,18). The number of non-ortho nitro benzene ring substituents is 1. The molecule has 0 saturated carbocycles. The minimum absolute atomic E-state index is 0.337. The lowest BCUT2D eigenvalue weighted by atomic mass is 10.0. The predicted molar refractivity (Wildman–Crippen MR) is 65.8 cm³/mol. The van der Waals surface area contributed by atoms with Crippen molar-refractivity contribution in [2.45, 2.75) is 5.92 Å². The number of nitro groups is 1. The summed E-state index contributed by atoms with van der Waals surface area (Å²) in [4.78, 5) is 21.2. The van der Waals surface area contributed by atoms with Crippen molar-refractivity contribution in [3.63, 3.8) is 0 Å². The van der Waals surface area contributed by atoms with Gasteiger partial charge in [0.2, 0.25) is 10.0 Å². The number of benzene rings is 1. The van der Waals surface area contributed by atoms with E-state index in [1.807, 2.05) is 0 Å². The number of hydrogen-bond acceptors (Lipinski definition) is 6. The van der Waals surface area contributed by atoms with E-state index in [-0.39, 0.29) is 5.56 Å². The molecular formula is C10H11FN2O6S. The van der Waals surface area contributed by atoms with Crippen LogP contribution in [0.25, 0.3) is 0 Å². The quantitative estimate of drug-likeness (QED) is 0.472. The SMILES string of the molecule is COC(=O)C(CS(N)(=O)=O)c1ccc([N+](=O)[O-])cc1F. The van der Waals surface area contributed by atoms with Crippen molar-refractivity contribution in [2.75, 3.05) is 12.9 Å². The van der Waals surface area contributed by atoms with E-state index in [0.29, 0.717) is 6.07 Å². The third-order valence-corrected chi connectivity index (χ3v) is 3.25. The summed E-state index contributed by atoms with van der Waals surface area (Å²) in [5, 5.41) is 15.3. The average molecular weight is 306 g/mol. The molecule has 1 unspecified atom stereocenters. The number of nitrogens with zero attached hydrogens (tertiary/aromatic N) is 1. The number of carbonyl (C=O) groups excluding carboxylic acids is 1. The number of methoxy groups -OCH3 is 1. The van der Waals surface area contributed by atoms with Crippen LogP contribution in [0.5, 0.6) is 0 Å². The fraction of sp³-hybridized carbons (Fsp3) is 0.300. The first kappa shape index (κ1) is 16.0. The van der Waals surface area contributed by atoms with E-state index in [1.165, 1.54) is 0 Å². The smallest absolute Gasteiger partial charge is 0.314 e. The fourth-order valence-corrected chi connectivity index (χ4v) is 2.35. The largest absolute Gasteiger partial charge is 0.469 e. The van der Waals surface area contributed by atoms with Crippen molar-refractivity contribution in [2.24, 2.45) is 5.14 Å². The zero-order valence-electron chi connectivity index (χ0n) is 10.3. The Labute approximate surface area is 113 Å². The Bertz CT molecular complexity index is 645. The molecule has 0 aromatic heterocycles. The zero-order chi connectivity index (χ0) is 15.5. The number of nitrogens with two attached hydrogens (primary N) is 1. The summed E-state index contributed by atoms with van der Waals surface area (Å²) in [6, 6.07) is 2.51. The molecule has 0 aliphatic carbocycles. The normalized spacial score (nSPS) is 12.8. The third kappa shape index (κ3) is 3.96. The second-order valence-electron chi connectivity index (χ2n) is 3.87. The first-order valence-corrected chi connectivity index (χ1v) is 6.89. The van der Waals surface area contributed by atoms with Gasteiger partial charge in [0, 0.05) is 11.6 Å². The molecule has 20 heavy (non-hydrogen) atoms. The summed E-state index contributed by atoms with van der Waals surface area (Å²) in [7, 11) is -3.07. The van der Waals surface area contributed by atoms with Gasteiger partial charge in [0.1, 0.15) is 5.82 Å². The van der Waals surface area contributed by atoms with Gasteiger partial charge in [0.25, 0.3) is 5.69 Å². The molecular weight excluding hydrogens is 295 g/mol.